The summed E-state index contributed by atoms with van der Waals surface area (Å²) in [5.41, 5.74) is 2.41. The molecule has 0 saturated carbocycles. The monoisotopic (exact) mass is 290 g/mol. The molecule has 0 aliphatic heterocycles. The maximum Gasteiger partial charge on any atom is 0.101 e. The van der Waals surface area contributed by atoms with Crippen molar-refractivity contribution >= 4 is 28.9 Å². The number of anilines is 1. The normalized spacial score (nSPS) is 10.0. The molecule has 2 aromatic rings. The number of benzene rings is 2. The van der Waals surface area contributed by atoms with Crippen molar-refractivity contribution in [3.05, 3.63) is 63.6 Å². The average Bonchev–Trinajstić information content (AvgIpc) is 2.41. The van der Waals surface area contributed by atoms with E-state index in [1.54, 1.807) is 18.2 Å². The summed E-state index contributed by atoms with van der Waals surface area (Å²) in [6, 6.07) is 15.1. The topological polar surface area (TPSA) is 27.0 Å². The second-order valence-electron chi connectivity index (χ2n) is 4.22. The molecule has 0 aliphatic carbocycles. The van der Waals surface area contributed by atoms with Crippen LogP contribution in [-0.2, 0) is 6.54 Å². The van der Waals surface area contributed by atoms with Crippen LogP contribution in [0.2, 0.25) is 10.0 Å². The standard InChI is InChI=1S/C15H12Cl2N2/c1-19(10-12-4-2-3-5-14(12)17)15-8-13(16)7-6-11(15)9-18/h2-8H,10H2,1H3. The highest BCUT2D eigenvalue weighted by Crippen LogP contribution is 2.26. The van der Waals surface area contributed by atoms with E-state index in [2.05, 4.69) is 6.07 Å². The first kappa shape index (κ1) is 13.7. The molecule has 0 aliphatic rings. The molecule has 0 amide bonds. The third-order valence-corrected chi connectivity index (χ3v) is 3.46. The minimum atomic E-state index is 0.596. The molecule has 0 heterocycles. The van der Waals surface area contributed by atoms with Crippen LogP contribution in [0.1, 0.15) is 11.1 Å². The molecular weight excluding hydrogens is 279 g/mol. The lowest BCUT2D eigenvalue weighted by atomic mass is 10.1. The molecule has 2 nitrogen and oxygen atoms in total. The molecule has 0 fully saturated rings. The minimum Gasteiger partial charge on any atom is -0.369 e. The predicted octanol–water partition coefficient (Wildman–Crippen LogP) is 4.50. The van der Waals surface area contributed by atoms with Gasteiger partial charge in [-0.3, -0.25) is 0 Å². The van der Waals surface area contributed by atoms with E-state index in [1.807, 2.05) is 36.2 Å². The summed E-state index contributed by atoms with van der Waals surface area (Å²) in [5, 5.41) is 10.5. The molecule has 2 aromatic carbocycles. The van der Waals surface area contributed by atoms with E-state index in [-0.39, 0.29) is 0 Å². The summed E-state index contributed by atoms with van der Waals surface area (Å²) >= 11 is 12.1. The third kappa shape index (κ3) is 3.20. The zero-order chi connectivity index (χ0) is 13.8. The number of nitrogens with zero attached hydrogens (tertiary/aromatic N) is 2. The fourth-order valence-corrected chi connectivity index (χ4v) is 2.24. The van der Waals surface area contributed by atoms with Gasteiger partial charge in [0.2, 0.25) is 0 Å². The van der Waals surface area contributed by atoms with E-state index in [9.17, 15) is 0 Å². The van der Waals surface area contributed by atoms with Crippen LogP contribution in [0.3, 0.4) is 0 Å². The van der Waals surface area contributed by atoms with Crippen LogP contribution in [0, 0.1) is 11.3 Å². The Morgan fingerprint density at radius 2 is 1.89 bits per heavy atom. The van der Waals surface area contributed by atoms with Crippen LogP contribution < -0.4 is 4.90 Å². The molecule has 0 saturated heterocycles. The summed E-state index contributed by atoms with van der Waals surface area (Å²) < 4.78 is 0. The highest BCUT2D eigenvalue weighted by atomic mass is 35.5. The highest BCUT2D eigenvalue weighted by molar-refractivity contribution is 6.31. The molecule has 0 aromatic heterocycles. The number of nitriles is 1. The Hall–Kier alpha value is -1.69. The van der Waals surface area contributed by atoms with E-state index in [4.69, 9.17) is 28.5 Å². The van der Waals surface area contributed by atoms with E-state index < -0.39 is 0 Å². The molecule has 0 radical (unpaired) electrons. The van der Waals surface area contributed by atoms with E-state index in [1.165, 1.54) is 0 Å². The quantitative estimate of drug-likeness (QED) is 0.832. The Morgan fingerprint density at radius 1 is 1.16 bits per heavy atom. The van der Waals surface area contributed by atoms with Crippen LogP contribution in [0.4, 0.5) is 5.69 Å². The van der Waals surface area contributed by atoms with Crippen molar-refractivity contribution < 1.29 is 0 Å². The Morgan fingerprint density at radius 3 is 2.58 bits per heavy atom. The first-order valence-corrected chi connectivity index (χ1v) is 6.51. The molecule has 96 valence electrons. The van der Waals surface area contributed by atoms with E-state index >= 15 is 0 Å². The summed E-state index contributed by atoms with van der Waals surface area (Å²) in [7, 11) is 1.91. The lowest BCUT2D eigenvalue weighted by Gasteiger charge is -2.21. The predicted molar refractivity (Wildman–Crippen MR) is 79.7 cm³/mol. The molecular formula is C15H12Cl2N2. The Kier molecular flexibility index (Phi) is 4.31. The lowest BCUT2D eigenvalue weighted by molar-refractivity contribution is 0.921. The van der Waals surface area contributed by atoms with Crippen LogP contribution in [0.5, 0.6) is 0 Å². The van der Waals surface area contributed by atoms with Crippen molar-refractivity contribution in [3.63, 3.8) is 0 Å². The van der Waals surface area contributed by atoms with Gasteiger partial charge in [0.15, 0.2) is 0 Å². The van der Waals surface area contributed by atoms with Gasteiger partial charge in [-0.15, -0.1) is 0 Å². The van der Waals surface area contributed by atoms with Crippen LogP contribution >= 0.6 is 23.2 Å². The van der Waals surface area contributed by atoms with Gasteiger partial charge >= 0.3 is 0 Å². The summed E-state index contributed by atoms with van der Waals surface area (Å²) in [5.74, 6) is 0. The Balaban J connectivity index is 2.30. The minimum absolute atomic E-state index is 0.596. The third-order valence-electron chi connectivity index (χ3n) is 2.86. The highest BCUT2D eigenvalue weighted by Gasteiger charge is 2.10. The van der Waals surface area contributed by atoms with Gasteiger partial charge in [-0.1, -0.05) is 41.4 Å². The van der Waals surface area contributed by atoms with Crippen molar-refractivity contribution in [3.8, 4) is 6.07 Å². The van der Waals surface area contributed by atoms with Crippen molar-refractivity contribution in [1.29, 1.82) is 5.26 Å². The van der Waals surface area contributed by atoms with Gasteiger partial charge in [0.05, 0.1) is 11.3 Å². The maximum absolute atomic E-state index is 9.13. The SMILES string of the molecule is CN(Cc1ccccc1Cl)c1cc(Cl)ccc1C#N. The molecule has 0 N–H and O–H groups in total. The van der Waals surface area contributed by atoms with Gasteiger partial charge in [-0.2, -0.15) is 5.26 Å². The first-order chi connectivity index (χ1) is 9.11. The van der Waals surface area contributed by atoms with E-state index in [0.717, 1.165) is 16.3 Å². The second-order valence-corrected chi connectivity index (χ2v) is 5.06. The molecule has 0 unspecified atom stereocenters. The van der Waals surface area contributed by atoms with Gasteiger partial charge < -0.3 is 4.90 Å². The van der Waals surface area contributed by atoms with E-state index in [0.29, 0.717) is 17.1 Å². The second kappa shape index (κ2) is 5.97. The fourth-order valence-electron chi connectivity index (χ4n) is 1.88. The number of rotatable bonds is 3. The molecule has 2 rings (SSSR count). The zero-order valence-electron chi connectivity index (χ0n) is 10.4. The van der Waals surface area contributed by atoms with Gasteiger partial charge in [0.1, 0.15) is 6.07 Å². The van der Waals surface area contributed by atoms with Crippen molar-refractivity contribution in [2.24, 2.45) is 0 Å². The van der Waals surface area contributed by atoms with Crippen molar-refractivity contribution in [2.75, 3.05) is 11.9 Å². The summed E-state index contributed by atoms with van der Waals surface area (Å²) in [6.07, 6.45) is 0. The van der Waals surface area contributed by atoms with Crippen molar-refractivity contribution in [1.82, 2.24) is 0 Å². The largest absolute Gasteiger partial charge is 0.369 e. The smallest absolute Gasteiger partial charge is 0.101 e. The first-order valence-electron chi connectivity index (χ1n) is 5.76. The van der Waals surface area contributed by atoms with Gasteiger partial charge in [-0.25, -0.2) is 0 Å². The maximum atomic E-state index is 9.13. The van der Waals surface area contributed by atoms with Crippen LogP contribution in [0.25, 0.3) is 0 Å². The molecule has 19 heavy (non-hydrogen) atoms. The van der Waals surface area contributed by atoms with Gasteiger partial charge in [0.25, 0.3) is 0 Å². The number of hydrogen-bond acceptors (Lipinski definition) is 2. The van der Waals surface area contributed by atoms with Gasteiger partial charge in [0, 0.05) is 23.6 Å². The van der Waals surface area contributed by atoms with Crippen LogP contribution in [0.15, 0.2) is 42.5 Å². The molecule has 0 bridgehead atoms. The molecule has 0 spiro atoms. The van der Waals surface area contributed by atoms with Crippen molar-refractivity contribution in [2.45, 2.75) is 6.54 Å². The molecule has 0 atom stereocenters. The van der Waals surface area contributed by atoms with Crippen LogP contribution in [-0.4, -0.2) is 7.05 Å². The Labute approximate surface area is 122 Å². The summed E-state index contributed by atoms with van der Waals surface area (Å²) in [4.78, 5) is 1.96. The van der Waals surface area contributed by atoms with Gasteiger partial charge in [-0.05, 0) is 29.8 Å². The average molecular weight is 291 g/mol. The lowest BCUT2D eigenvalue weighted by Crippen LogP contribution is -2.17. The zero-order valence-corrected chi connectivity index (χ0v) is 11.9. The Bertz CT molecular complexity index is 632. The number of halogens is 2. The fraction of sp³-hybridized carbons (Fsp3) is 0.133. The summed E-state index contributed by atoms with van der Waals surface area (Å²) in [6.45, 7) is 0.620. The number of hydrogen-bond donors (Lipinski definition) is 0. The molecule has 4 heteroatoms.